The lowest BCUT2D eigenvalue weighted by Crippen LogP contribution is -2.23. The predicted molar refractivity (Wildman–Crippen MR) is 88.1 cm³/mol. The third-order valence-electron chi connectivity index (χ3n) is 3.41. The highest BCUT2D eigenvalue weighted by Gasteiger charge is 2.11. The van der Waals surface area contributed by atoms with E-state index in [9.17, 15) is 4.79 Å². The molecule has 21 heavy (non-hydrogen) atoms. The number of amides is 1. The number of nitrogens with two attached hydrogens (primary N) is 1. The van der Waals surface area contributed by atoms with E-state index in [2.05, 4.69) is 36.6 Å². The number of hydrogen-bond acceptors (Lipinski definition) is 3. The summed E-state index contributed by atoms with van der Waals surface area (Å²) < 4.78 is 0. The van der Waals surface area contributed by atoms with Crippen LogP contribution in [0.2, 0.25) is 0 Å². The molecule has 0 unspecified atom stereocenters. The molecule has 4 N–H and O–H groups in total. The van der Waals surface area contributed by atoms with Crippen LogP contribution in [-0.2, 0) is 0 Å². The molecule has 4 nitrogen and oxygen atoms in total. The average Bonchev–Trinajstić information content (AvgIpc) is 2.45. The Hall–Kier alpha value is -2.49. The van der Waals surface area contributed by atoms with E-state index in [0.29, 0.717) is 17.8 Å². The molecule has 0 aliphatic heterocycles. The van der Waals surface area contributed by atoms with Crippen LogP contribution in [-0.4, -0.2) is 12.5 Å². The lowest BCUT2D eigenvalue weighted by Gasteiger charge is -2.13. The van der Waals surface area contributed by atoms with Crippen LogP contribution in [0.5, 0.6) is 0 Å². The summed E-state index contributed by atoms with van der Waals surface area (Å²) in [4.78, 5) is 12.1. The molecule has 0 heterocycles. The molecule has 0 saturated carbocycles. The molecule has 2 rings (SSSR count). The predicted octanol–water partition coefficient (Wildman–Crippen LogP) is 3.38. The third-order valence-corrected chi connectivity index (χ3v) is 3.41. The van der Waals surface area contributed by atoms with Gasteiger partial charge in [-0.05, 0) is 62.2 Å². The summed E-state index contributed by atoms with van der Waals surface area (Å²) in [5.41, 5.74) is 11.1. The number of nitrogen functional groups attached to an aromatic ring is 1. The molecule has 4 heteroatoms. The van der Waals surface area contributed by atoms with Crippen molar-refractivity contribution < 1.29 is 4.79 Å². The fraction of sp³-hybridized carbons (Fsp3) is 0.235. The number of aryl methyl sites for hydroxylation is 2. The van der Waals surface area contributed by atoms with Gasteiger partial charge < -0.3 is 16.4 Å². The molecule has 0 bridgehead atoms. The van der Waals surface area contributed by atoms with Gasteiger partial charge in [-0.25, -0.2) is 0 Å². The van der Waals surface area contributed by atoms with Gasteiger partial charge in [-0.3, -0.25) is 4.79 Å². The topological polar surface area (TPSA) is 67.2 Å². The van der Waals surface area contributed by atoms with Crippen molar-refractivity contribution in [3.05, 3.63) is 53.1 Å². The van der Waals surface area contributed by atoms with E-state index in [4.69, 9.17) is 5.73 Å². The van der Waals surface area contributed by atoms with Crippen molar-refractivity contribution in [2.24, 2.45) is 0 Å². The van der Waals surface area contributed by atoms with Gasteiger partial charge >= 0.3 is 0 Å². The first-order valence-electron chi connectivity index (χ1n) is 7.03. The second-order valence-corrected chi connectivity index (χ2v) is 5.09. The van der Waals surface area contributed by atoms with E-state index in [1.807, 2.05) is 19.1 Å². The molecular formula is C17H21N3O. The fourth-order valence-electron chi connectivity index (χ4n) is 2.09. The highest BCUT2D eigenvalue weighted by molar-refractivity contribution is 6.01. The van der Waals surface area contributed by atoms with Crippen molar-refractivity contribution in [3.63, 3.8) is 0 Å². The Balaban J connectivity index is 2.34. The van der Waals surface area contributed by atoms with Crippen molar-refractivity contribution in [3.8, 4) is 0 Å². The maximum atomic E-state index is 12.1. The highest BCUT2D eigenvalue weighted by atomic mass is 16.1. The molecular weight excluding hydrogens is 262 g/mol. The Kier molecular flexibility index (Phi) is 4.48. The number of hydrogen-bond donors (Lipinski definition) is 3. The van der Waals surface area contributed by atoms with Crippen molar-refractivity contribution in [1.29, 1.82) is 0 Å². The molecule has 2 aromatic carbocycles. The largest absolute Gasteiger partial charge is 0.399 e. The van der Waals surface area contributed by atoms with E-state index < -0.39 is 0 Å². The van der Waals surface area contributed by atoms with Crippen molar-refractivity contribution in [2.75, 3.05) is 17.6 Å². The van der Waals surface area contributed by atoms with Gasteiger partial charge in [0.15, 0.2) is 0 Å². The number of carbonyl (C=O) groups excluding carboxylic acids is 1. The number of nitrogens with one attached hydrogen (secondary N) is 2. The molecule has 0 aliphatic carbocycles. The average molecular weight is 283 g/mol. The van der Waals surface area contributed by atoms with Crippen LogP contribution in [0.3, 0.4) is 0 Å². The second-order valence-electron chi connectivity index (χ2n) is 5.09. The second kappa shape index (κ2) is 6.31. The summed E-state index contributed by atoms with van der Waals surface area (Å²) in [6.45, 7) is 6.61. The molecule has 2 aromatic rings. The molecule has 0 spiro atoms. The fourth-order valence-corrected chi connectivity index (χ4v) is 2.09. The highest BCUT2D eigenvalue weighted by Crippen LogP contribution is 2.24. The zero-order chi connectivity index (χ0) is 15.4. The Morgan fingerprint density at radius 1 is 1.10 bits per heavy atom. The van der Waals surface area contributed by atoms with Crippen LogP contribution in [0.4, 0.5) is 17.1 Å². The van der Waals surface area contributed by atoms with Gasteiger partial charge in [0.25, 0.3) is 5.91 Å². The first-order valence-corrected chi connectivity index (χ1v) is 7.03. The summed E-state index contributed by atoms with van der Waals surface area (Å²) in [5, 5.41) is 6.09. The minimum atomic E-state index is -0.129. The van der Waals surface area contributed by atoms with Crippen molar-refractivity contribution >= 4 is 23.0 Å². The smallest absolute Gasteiger partial charge is 0.253 e. The summed E-state index contributed by atoms with van der Waals surface area (Å²) >= 11 is 0. The first-order chi connectivity index (χ1) is 10.0. The molecule has 0 radical (unpaired) electrons. The molecule has 0 aliphatic rings. The van der Waals surface area contributed by atoms with Crippen molar-refractivity contribution in [2.45, 2.75) is 20.8 Å². The van der Waals surface area contributed by atoms with Gasteiger partial charge in [0, 0.05) is 17.9 Å². The van der Waals surface area contributed by atoms with Gasteiger partial charge in [0.2, 0.25) is 0 Å². The Morgan fingerprint density at radius 2 is 1.86 bits per heavy atom. The number of benzene rings is 2. The first kappa shape index (κ1) is 14.9. The SMILES string of the molecule is CCNC(=O)c1cc(N)ccc1Nc1ccc(C)c(C)c1. The number of rotatable bonds is 4. The molecule has 1 amide bonds. The summed E-state index contributed by atoms with van der Waals surface area (Å²) in [5.74, 6) is -0.129. The normalized spacial score (nSPS) is 10.2. The number of anilines is 3. The van der Waals surface area contributed by atoms with Gasteiger partial charge in [0.1, 0.15) is 0 Å². The minimum Gasteiger partial charge on any atom is -0.399 e. The zero-order valence-electron chi connectivity index (χ0n) is 12.7. The van der Waals surface area contributed by atoms with Gasteiger partial charge in [-0.15, -0.1) is 0 Å². The van der Waals surface area contributed by atoms with E-state index >= 15 is 0 Å². The van der Waals surface area contributed by atoms with Crippen LogP contribution in [0.25, 0.3) is 0 Å². The van der Waals surface area contributed by atoms with E-state index in [-0.39, 0.29) is 5.91 Å². The zero-order valence-corrected chi connectivity index (χ0v) is 12.7. The van der Waals surface area contributed by atoms with Gasteiger partial charge in [0.05, 0.1) is 11.3 Å². The lowest BCUT2D eigenvalue weighted by atomic mass is 10.1. The Bertz CT molecular complexity index is 665. The summed E-state index contributed by atoms with van der Waals surface area (Å²) in [7, 11) is 0. The molecule has 110 valence electrons. The van der Waals surface area contributed by atoms with E-state index in [0.717, 1.165) is 11.4 Å². The van der Waals surface area contributed by atoms with Crippen LogP contribution in [0, 0.1) is 13.8 Å². The Labute approximate surface area is 125 Å². The number of carbonyl (C=O) groups is 1. The minimum absolute atomic E-state index is 0.129. The standard InChI is InChI=1S/C17H21N3O/c1-4-19-17(21)15-10-13(18)6-8-16(15)20-14-7-5-11(2)12(3)9-14/h5-10,20H,4,18H2,1-3H3,(H,19,21). The molecule has 0 atom stereocenters. The molecule has 0 fully saturated rings. The monoisotopic (exact) mass is 283 g/mol. The van der Waals surface area contributed by atoms with Gasteiger partial charge in [-0.1, -0.05) is 6.07 Å². The van der Waals surface area contributed by atoms with Crippen LogP contribution in [0.15, 0.2) is 36.4 Å². The summed E-state index contributed by atoms with van der Waals surface area (Å²) in [6.07, 6.45) is 0. The van der Waals surface area contributed by atoms with Crippen LogP contribution in [0.1, 0.15) is 28.4 Å². The Morgan fingerprint density at radius 3 is 2.52 bits per heavy atom. The molecule has 0 aromatic heterocycles. The third kappa shape index (κ3) is 3.54. The lowest BCUT2D eigenvalue weighted by molar-refractivity contribution is 0.0956. The van der Waals surface area contributed by atoms with E-state index in [1.165, 1.54) is 11.1 Å². The van der Waals surface area contributed by atoms with Crippen LogP contribution < -0.4 is 16.4 Å². The quantitative estimate of drug-likeness (QED) is 0.754. The maximum Gasteiger partial charge on any atom is 0.253 e. The summed E-state index contributed by atoms with van der Waals surface area (Å²) in [6, 6.07) is 11.4. The van der Waals surface area contributed by atoms with Gasteiger partial charge in [-0.2, -0.15) is 0 Å². The molecule has 0 saturated heterocycles. The van der Waals surface area contributed by atoms with E-state index in [1.54, 1.807) is 12.1 Å². The van der Waals surface area contributed by atoms with Crippen LogP contribution >= 0.6 is 0 Å². The maximum absolute atomic E-state index is 12.1. The van der Waals surface area contributed by atoms with Crippen molar-refractivity contribution in [1.82, 2.24) is 5.32 Å².